The molecule has 0 aliphatic carbocycles. The topological polar surface area (TPSA) is 91.0 Å². The van der Waals surface area contributed by atoms with Crippen molar-refractivity contribution in [1.29, 1.82) is 0 Å². The number of benzene rings is 2. The second-order valence-electron chi connectivity index (χ2n) is 7.95. The lowest BCUT2D eigenvalue weighted by Gasteiger charge is -2.35. The second-order valence-corrected chi connectivity index (χ2v) is 9.88. The van der Waals surface area contributed by atoms with Gasteiger partial charge in [-0.3, -0.25) is 4.79 Å². The minimum atomic E-state index is -3.59. The van der Waals surface area contributed by atoms with Crippen LogP contribution in [0.5, 0.6) is 5.75 Å². The third kappa shape index (κ3) is 4.59. The molecule has 0 saturated carbocycles. The summed E-state index contributed by atoms with van der Waals surface area (Å²) >= 11 is 0. The van der Waals surface area contributed by atoms with Gasteiger partial charge >= 0.3 is 0 Å². The van der Waals surface area contributed by atoms with E-state index in [-0.39, 0.29) is 36.0 Å². The van der Waals surface area contributed by atoms with Crippen molar-refractivity contribution in [1.82, 2.24) is 20.1 Å². The van der Waals surface area contributed by atoms with Crippen molar-refractivity contribution in [3.05, 3.63) is 59.7 Å². The molecule has 2 N–H and O–H groups in total. The number of aryl methyl sites for hydroxylation is 1. The Hall–Kier alpha value is -2.46. The van der Waals surface area contributed by atoms with Crippen molar-refractivity contribution in [2.75, 3.05) is 33.3 Å². The molecule has 2 aromatic rings. The summed E-state index contributed by atoms with van der Waals surface area (Å²) in [5.41, 5.74) is 8.66. The van der Waals surface area contributed by atoms with Crippen molar-refractivity contribution in [3.63, 3.8) is 0 Å². The first-order valence-corrected chi connectivity index (χ1v) is 11.8. The highest BCUT2D eigenvalue weighted by atomic mass is 32.2. The fraction of sp³-hybridized carbons (Fsp3) is 0.409. The zero-order valence-electron chi connectivity index (χ0n) is 17.7. The van der Waals surface area contributed by atoms with Crippen LogP contribution in [0.1, 0.15) is 23.6 Å². The Morgan fingerprint density at radius 2 is 1.61 bits per heavy atom. The number of ether oxygens (including phenoxy) is 1. The van der Waals surface area contributed by atoms with Gasteiger partial charge in [0.05, 0.1) is 12.0 Å². The van der Waals surface area contributed by atoms with Crippen molar-refractivity contribution < 1.29 is 17.9 Å². The Balaban J connectivity index is 1.34. The van der Waals surface area contributed by atoms with Gasteiger partial charge in [0.15, 0.2) is 0 Å². The quantitative estimate of drug-likeness (QED) is 0.725. The van der Waals surface area contributed by atoms with Crippen molar-refractivity contribution in [2.45, 2.75) is 30.3 Å². The molecule has 0 spiro atoms. The predicted molar refractivity (Wildman–Crippen MR) is 117 cm³/mol. The van der Waals surface area contributed by atoms with Crippen LogP contribution >= 0.6 is 0 Å². The number of methoxy groups -OCH3 is 1. The number of amides is 1. The number of carbonyl (C=O) groups is 1. The fourth-order valence-electron chi connectivity index (χ4n) is 4.00. The van der Waals surface area contributed by atoms with Gasteiger partial charge in [-0.05, 0) is 43.2 Å². The Morgan fingerprint density at radius 3 is 2.23 bits per heavy atom. The molecule has 0 radical (unpaired) electrons. The largest absolute Gasteiger partial charge is 0.497 e. The van der Waals surface area contributed by atoms with Gasteiger partial charge in [0.1, 0.15) is 11.8 Å². The van der Waals surface area contributed by atoms with Gasteiger partial charge in [-0.1, -0.05) is 29.8 Å². The molecule has 8 nitrogen and oxygen atoms in total. The maximum atomic E-state index is 13.0. The summed E-state index contributed by atoms with van der Waals surface area (Å²) in [6, 6.07) is 14.4. The van der Waals surface area contributed by atoms with Gasteiger partial charge in [-0.15, -0.1) is 0 Å². The van der Waals surface area contributed by atoms with Crippen molar-refractivity contribution in [2.24, 2.45) is 0 Å². The van der Waals surface area contributed by atoms with Gasteiger partial charge in [0.2, 0.25) is 15.9 Å². The van der Waals surface area contributed by atoms with Crippen molar-refractivity contribution >= 4 is 15.9 Å². The highest BCUT2D eigenvalue weighted by Gasteiger charge is 2.36. The van der Waals surface area contributed by atoms with Gasteiger partial charge in [0.25, 0.3) is 0 Å². The molecule has 2 aliphatic heterocycles. The molecule has 2 aromatic carbocycles. The molecule has 9 heteroatoms. The molecule has 2 unspecified atom stereocenters. The van der Waals surface area contributed by atoms with Gasteiger partial charge < -0.3 is 9.64 Å². The highest BCUT2D eigenvalue weighted by Crippen LogP contribution is 2.25. The van der Waals surface area contributed by atoms with Crippen molar-refractivity contribution in [3.8, 4) is 5.75 Å². The zero-order chi connectivity index (χ0) is 22.0. The number of nitrogens with zero attached hydrogens (tertiary/aromatic N) is 2. The van der Waals surface area contributed by atoms with E-state index in [1.54, 1.807) is 29.2 Å². The van der Waals surface area contributed by atoms with E-state index in [1.165, 1.54) is 17.0 Å². The first-order chi connectivity index (χ1) is 14.9. The Kier molecular flexibility index (Phi) is 6.29. The number of hydrogen-bond acceptors (Lipinski definition) is 6. The molecule has 2 atom stereocenters. The van der Waals surface area contributed by atoms with Gasteiger partial charge in [-0.2, -0.15) is 4.31 Å². The zero-order valence-corrected chi connectivity index (χ0v) is 18.6. The van der Waals surface area contributed by atoms with E-state index >= 15 is 0 Å². The number of hydrazine groups is 1. The van der Waals surface area contributed by atoms with E-state index in [2.05, 4.69) is 35.1 Å². The molecule has 2 aliphatic rings. The van der Waals surface area contributed by atoms with E-state index in [4.69, 9.17) is 4.74 Å². The minimum absolute atomic E-state index is 0.00334. The molecule has 31 heavy (non-hydrogen) atoms. The number of piperazine rings is 1. The molecule has 4 rings (SSSR count). The Morgan fingerprint density at radius 1 is 0.968 bits per heavy atom. The first kappa shape index (κ1) is 21.8. The predicted octanol–water partition coefficient (Wildman–Crippen LogP) is 1.44. The summed E-state index contributed by atoms with van der Waals surface area (Å²) < 4.78 is 32.3. The number of nitrogens with one attached hydrogen (secondary N) is 2. The molecule has 2 heterocycles. The van der Waals surface area contributed by atoms with Crippen LogP contribution in [0.4, 0.5) is 0 Å². The van der Waals surface area contributed by atoms with Crippen LogP contribution in [0.15, 0.2) is 53.4 Å². The Bertz CT molecular complexity index is 1020. The molecule has 2 fully saturated rings. The van der Waals surface area contributed by atoms with E-state index in [0.29, 0.717) is 25.3 Å². The third-order valence-electron chi connectivity index (χ3n) is 5.93. The van der Waals surface area contributed by atoms with Crippen LogP contribution in [-0.2, 0) is 14.8 Å². The van der Waals surface area contributed by atoms with Crippen LogP contribution in [0.3, 0.4) is 0 Å². The summed E-state index contributed by atoms with van der Waals surface area (Å²) in [4.78, 5) is 14.9. The average molecular weight is 445 g/mol. The molecule has 0 aromatic heterocycles. The van der Waals surface area contributed by atoms with E-state index in [1.807, 2.05) is 6.92 Å². The van der Waals surface area contributed by atoms with Crippen LogP contribution < -0.4 is 15.6 Å². The Labute approximate surface area is 183 Å². The van der Waals surface area contributed by atoms with Gasteiger partial charge in [-0.25, -0.2) is 19.3 Å². The molecule has 1 amide bonds. The molecular formula is C22H28N4O4S. The average Bonchev–Trinajstić information content (AvgIpc) is 3.29. The SMILES string of the molecule is COc1ccc(S(=O)(=O)N2CCN(C(=O)C3CC(c4ccc(C)cc4)NN3)CC2)cc1. The fourth-order valence-corrected chi connectivity index (χ4v) is 5.42. The summed E-state index contributed by atoms with van der Waals surface area (Å²) in [5, 5.41) is 0. The highest BCUT2D eigenvalue weighted by molar-refractivity contribution is 7.89. The van der Waals surface area contributed by atoms with Crippen LogP contribution in [0, 0.1) is 6.92 Å². The monoisotopic (exact) mass is 444 g/mol. The minimum Gasteiger partial charge on any atom is -0.497 e. The standard InChI is InChI=1S/C22H28N4O4S/c1-16-3-5-17(6-4-16)20-15-21(24-23-20)22(27)25-11-13-26(14-12-25)31(28,29)19-9-7-18(30-2)8-10-19/h3-10,20-21,23-24H,11-15H2,1-2H3. The normalized spacial score (nSPS) is 22.5. The number of carbonyl (C=O) groups excluding carboxylic acids is 1. The lowest BCUT2D eigenvalue weighted by atomic mass is 10.0. The van der Waals surface area contributed by atoms with Crippen LogP contribution in [0.2, 0.25) is 0 Å². The molecule has 2 saturated heterocycles. The summed E-state index contributed by atoms with van der Waals surface area (Å²) in [6.45, 7) is 3.36. The number of sulfonamides is 1. The van der Waals surface area contributed by atoms with E-state index < -0.39 is 10.0 Å². The van der Waals surface area contributed by atoms with E-state index in [0.717, 1.165) is 5.56 Å². The van der Waals surface area contributed by atoms with Gasteiger partial charge in [0, 0.05) is 32.2 Å². The lowest BCUT2D eigenvalue weighted by molar-refractivity contribution is -0.134. The molecular weight excluding hydrogens is 416 g/mol. The number of rotatable bonds is 5. The number of hydrogen-bond donors (Lipinski definition) is 2. The van der Waals surface area contributed by atoms with Crippen LogP contribution in [0.25, 0.3) is 0 Å². The summed E-state index contributed by atoms with van der Waals surface area (Å²) in [7, 11) is -2.05. The maximum Gasteiger partial charge on any atom is 0.243 e. The maximum absolute atomic E-state index is 13.0. The molecule has 166 valence electrons. The summed E-state index contributed by atoms with van der Waals surface area (Å²) in [5.74, 6) is 0.611. The first-order valence-electron chi connectivity index (χ1n) is 10.4. The van der Waals surface area contributed by atoms with E-state index in [9.17, 15) is 13.2 Å². The smallest absolute Gasteiger partial charge is 0.243 e. The second kappa shape index (κ2) is 8.96. The third-order valence-corrected chi connectivity index (χ3v) is 7.84. The lowest BCUT2D eigenvalue weighted by Crippen LogP contribution is -2.54. The summed E-state index contributed by atoms with van der Waals surface area (Å²) in [6.07, 6.45) is 0.659. The van der Waals surface area contributed by atoms with Crippen LogP contribution in [-0.4, -0.2) is 62.9 Å². The molecule has 0 bridgehead atoms.